The zero-order chi connectivity index (χ0) is 26.7. The number of carboxylic acids is 1. The molecule has 9 heteroatoms. The molecule has 0 saturated carbocycles. The standard InChI is InChI=1S/C28H31ClN4O4/c1-28(2,3)20-8-4-18(5-9-20)15-32-17-31-22-14-23(26(36)30-13-12-25(34)35)33(16-24(22)32)27(37)19-6-10-21(29)11-7-19/h4-11,17,23H,12-16H2,1-3H3,(H,30,36)(H,34,35). The van der Waals surface area contributed by atoms with E-state index in [0.29, 0.717) is 17.1 Å². The lowest BCUT2D eigenvalue weighted by Crippen LogP contribution is -2.53. The van der Waals surface area contributed by atoms with E-state index in [1.54, 1.807) is 30.6 Å². The van der Waals surface area contributed by atoms with E-state index >= 15 is 0 Å². The number of hydrogen-bond donors (Lipinski definition) is 2. The van der Waals surface area contributed by atoms with Gasteiger partial charge in [-0.3, -0.25) is 14.4 Å². The number of fused-ring (bicyclic) bond motifs is 1. The van der Waals surface area contributed by atoms with Crippen LogP contribution in [0.2, 0.25) is 5.02 Å². The van der Waals surface area contributed by atoms with Crippen LogP contribution in [0, 0.1) is 0 Å². The number of aliphatic carboxylic acids is 1. The summed E-state index contributed by atoms with van der Waals surface area (Å²) in [6.45, 7) is 7.30. The summed E-state index contributed by atoms with van der Waals surface area (Å²) in [5, 5.41) is 12.1. The minimum absolute atomic E-state index is 0.0144. The predicted octanol–water partition coefficient (Wildman–Crippen LogP) is 4.04. The molecule has 2 amide bonds. The molecule has 1 aliphatic rings. The van der Waals surface area contributed by atoms with Crippen molar-refractivity contribution in [3.63, 3.8) is 0 Å². The fourth-order valence-electron chi connectivity index (χ4n) is 4.43. The summed E-state index contributed by atoms with van der Waals surface area (Å²) in [6.07, 6.45) is 1.79. The highest BCUT2D eigenvalue weighted by Gasteiger charge is 2.37. The van der Waals surface area contributed by atoms with Crippen LogP contribution in [0.4, 0.5) is 0 Å². The maximum absolute atomic E-state index is 13.5. The topological polar surface area (TPSA) is 105 Å². The number of nitrogens with zero attached hydrogens (tertiary/aromatic N) is 3. The molecule has 3 aromatic rings. The molecule has 2 heterocycles. The van der Waals surface area contributed by atoms with E-state index < -0.39 is 17.9 Å². The molecule has 4 rings (SSSR count). The number of aromatic nitrogens is 2. The molecule has 8 nitrogen and oxygen atoms in total. The zero-order valence-electron chi connectivity index (χ0n) is 21.2. The molecule has 194 valence electrons. The molecule has 1 aromatic heterocycles. The second kappa shape index (κ2) is 10.8. The Morgan fingerprint density at radius 2 is 1.76 bits per heavy atom. The molecule has 0 saturated heterocycles. The lowest BCUT2D eigenvalue weighted by Gasteiger charge is -2.35. The van der Waals surface area contributed by atoms with Gasteiger partial charge in [-0.15, -0.1) is 0 Å². The number of benzene rings is 2. The maximum Gasteiger partial charge on any atom is 0.305 e. The molecular weight excluding hydrogens is 492 g/mol. The van der Waals surface area contributed by atoms with Crippen molar-refractivity contribution >= 4 is 29.4 Å². The minimum Gasteiger partial charge on any atom is -0.481 e. The quantitative estimate of drug-likeness (QED) is 0.487. The van der Waals surface area contributed by atoms with Gasteiger partial charge in [-0.25, -0.2) is 4.98 Å². The van der Waals surface area contributed by atoms with Crippen molar-refractivity contribution in [2.45, 2.75) is 58.2 Å². The second-order valence-corrected chi connectivity index (χ2v) is 10.7. The van der Waals surface area contributed by atoms with Crippen LogP contribution in [-0.4, -0.2) is 49.9 Å². The van der Waals surface area contributed by atoms with Crippen LogP contribution < -0.4 is 5.32 Å². The van der Waals surface area contributed by atoms with Crippen LogP contribution in [0.1, 0.15) is 60.1 Å². The monoisotopic (exact) mass is 522 g/mol. The van der Waals surface area contributed by atoms with E-state index in [4.69, 9.17) is 16.7 Å². The van der Waals surface area contributed by atoms with Crippen molar-refractivity contribution in [3.8, 4) is 0 Å². The summed E-state index contributed by atoms with van der Waals surface area (Å²) < 4.78 is 2.02. The first-order valence-corrected chi connectivity index (χ1v) is 12.6. The predicted molar refractivity (Wildman–Crippen MR) is 141 cm³/mol. The fourth-order valence-corrected chi connectivity index (χ4v) is 4.55. The highest BCUT2D eigenvalue weighted by Crippen LogP contribution is 2.27. The SMILES string of the molecule is CC(C)(C)c1ccc(Cn2cnc3c2CN(C(=O)c2ccc(Cl)cc2)C(C(=O)NCCC(=O)O)C3)cc1. The maximum atomic E-state index is 13.5. The molecule has 37 heavy (non-hydrogen) atoms. The molecule has 0 radical (unpaired) electrons. The van der Waals surface area contributed by atoms with Gasteiger partial charge in [0.1, 0.15) is 6.04 Å². The molecule has 1 atom stereocenters. The van der Waals surface area contributed by atoms with Crippen LogP contribution in [0.15, 0.2) is 54.9 Å². The van der Waals surface area contributed by atoms with E-state index in [2.05, 4.69) is 55.3 Å². The van der Waals surface area contributed by atoms with Crippen molar-refractivity contribution < 1.29 is 19.5 Å². The summed E-state index contributed by atoms with van der Waals surface area (Å²) in [7, 11) is 0. The normalized spacial score (nSPS) is 15.2. The number of amides is 2. The van der Waals surface area contributed by atoms with Crippen LogP contribution in [-0.2, 0) is 34.5 Å². The Labute approximate surface area is 221 Å². The average molecular weight is 523 g/mol. The van der Waals surface area contributed by atoms with E-state index in [0.717, 1.165) is 17.0 Å². The van der Waals surface area contributed by atoms with Gasteiger partial charge < -0.3 is 19.9 Å². The number of carbonyl (C=O) groups excluding carboxylic acids is 2. The number of imidazole rings is 1. The van der Waals surface area contributed by atoms with Gasteiger partial charge in [0.05, 0.1) is 30.7 Å². The third-order valence-corrected chi connectivity index (χ3v) is 6.83. The Morgan fingerprint density at radius 3 is 2.38 bits per heavy atom. The van der Waals surface area contributed by atoms with Gasteiger partial charge in [-0.1, -0.05) is 56.6 Å². The number of carboxylic acid groups (broad SMARTS) is 1. The minimum atomic E-state index is -1.00. The first-order valence-electron chi connectivity index (χ1n) is 12.2. The van der Waals surface area contributed by atoms with E-state index in [9.17, 15) is 14.4 Å². The van der Waals surface area contributed by atoms with Crippen LogP contribution in [0.25, 0.3) is 0 Å². The van der Waals surface area contributed by atoms with Gasteiger partial charge in [-0.05, 0) is 40.8 Å². The lowest BCUT2D eigenvalue weighted by atomic mass is 9.87. The molecular formula is C28H31ClN4O4. The van der Waals surface area contributed by atoms with Gasteiger partial charge in [-0.2, -0.15) is 0 Å². The van der Waals surface area contributed by atoms with Crippen molar-refractivity contribution in [1.29, 1.82) is 0 Å². The summed E-state index contributed by atoms with van der Waals surface area (Å²) in [5.74, 6) is -1.71. The van der Waals surface area contributed by atoms with Crippen molar-refractivity contribution in [3.05, 3.63) is 88.0 Å². The van der Waals surface area contributed by atoms with Crippen molar-refractivity contribution in [2.75, 3.05) is 6.54 Å². The summed E-state index contributed by atoms with van der Waals surface area (Å²) >= 11 is 6.00. The Morgan fingerprint density at radius 1 is 1.08 bits per heavy atom. The second-order valence-electron chi connectivity index (χ2n) is 10.3. The summed E-state index contributed by atoms with van der Waals surface area (Å²) in [4.78, 5) is 43.5. The number of halogens is 1. The Balaban J connectivity index is 1.60. The molecule has 0 bridgehead atoms. The molecule has 2 N–H and O–H groups in total. The zero-order valence-corrected chi connectivity index (χ0v) is 22.0. The summed E-state index contributed by atoms with van der Waals surface area (Å²) in [6, 6.07) is 14.2. The van der Waals surface area contributed by atoms with E-state index in [-0.39, 0.29) is 37.3 Å². The summed E-state index contributed by atoms with van der Waals surface area (Å²) in [5.41, 5.74) is 4.47. The molecule has 0 fully saturated rings. The highest BCUT2D eigenvalue weighted by molar-refractivity contribution is 6.30. The average Bonchev–Trinajstić information content (AvgIpc) is 3.24. The van der Waals surface area contributed by atoms with Crippen LogP contribution in [0.5, 0.6) is 0 Å². The van der Waals surface area contributed by atoms with E-state index in [1.165, 1.54) is 10.5 Å². The van der Waals surface area contributed by atoms with Gasteiger partial charge in [0.25, 0.3) is 5.91 Å². The van der Waals surface area contributed by atoms with Gasteiger partial charge >= 0.3 is 5.97 Å². The lowest BCUT2D eigenvalue weighted by molar-refractivity contribution is -0.137. The van der Waals surface area contributed by atoms with Crippen LogP contribution in [0.3, 0.4) is 0 Å². The Hall–Kier alpha value is -3.65. The van der Waals surface area contributed by atoms with Gasteiger partial charge in [0.15, 0.2) is 0 Å². The molecule has 2 aromatic carbocycles. The smallest absolute Gasteiger partial charge is 0.305 e. The molecule has 0 spiro atoms. The molecule has 1 unspecified atom stereocenters. The molecule has 1 aliphatic heterocycles. The third-order valence-electron chi connectivity index (χ3n) is 6.58. The fraction of sp³-hybridized carbons (Fsp3) is 0.357. The Bertz CT molecular complexity index is 1290. The van der Waals surface area contributed by atoms with Gasteiger partial charge in [0, 0.05) is 30.1 Å². The highest BCUT2D eigenvalue weighted by atomic mass is 35.5. The molecule has 0 aliphatic carbocycles. The number of hydrogen-bond acceptors (Lipinski definition) is 4. The van der Waals surface area contributed by atoms with Crippen LogP contribution >= 0.6 is 11.6 Å². The largest absolute Gasteiger partial charge is 0.481 e. The first-order chi connectivity index (χ1) is 17.5. The number of nitrogens with one attached hydrogen (secondary N) is 1. The van der Waals surface area contributed by atoms with E-state index in [1.807, 2.05) is 4.57 Å². The van der Waals surface area contributed by atoms with Crippen molar-refractivity contribution in [1.82, 2.24) is 19.8 Å². The van der Waals surface area contributed by atoms with Gasteiger partial charge in [0.2, 0.25) is 5.91 Å². The number of rotatable bonds is 7. The number of carbonyl (C=O) groups is 3. The van der Waals surface area contributed by atoms with Crippen molar-refractivity contribution in [2.24, 2.45) is 0 Å². The first kappa shape index (κ1) is 26.4. The Kier molecular flexibility index (Phi) is 7.68. The third kappa shape index (κ3) is 6.20.